The summed E-state index contributed by atoms with van der Waals surface area (Å²) < 4.78 is 40.2. The molecular formula is C19H14F3NO3. The Morgan fingerprint density at radius 2 is 1.73 bits per heavy atom. The van der Waals surface area contributed by atoms with Crippen LogP contribution in [-0.4, -0.2) is 16.8 Å². The maximum atomic E-state index is 13.7. The minimum atomic E-state index is -1.18. The monoisotopic (exact) mass is 361 g/mol. The molecule has 4 nitrogen and oxygen atoms in total. The predicted octanol–water partition coefficient (Wildman–Crippen LogP) is 3.98. The van der Waals surface area contributed by atoms with Gasteiger partial charge in [-0.05, 0) is 29.8 Å². The van der Waals surface area contributed by atoms with Crippen LogP contribution in [0.4, 0.5) is 18.9 Å². The Kier molecular flexibility index (Phi) is 4.54. The number of aliphatic hydroxyl groups excluding tert-OH is 1. The van der Waals surface area contributed by atoms with E-state index in [9.17, 15) is 27.9 Å². The van der Waals surface area contributed by atoms with Crippen molar-refractivity contribution in [2.45, 2.75) is 19.4 Å². The fourth-order valence-electron chi connectivity index (χ4n) is 2.94. The van der Waals surface area contributed by atoms with Gasteiger partial charge in [-0.2, -0.15) is 0 Å². The second-order valence-electron chi connectivity index (χ2n) is 5.77. The van der Waals surface area contributed by atoms with Crippen LogP contribution in [0.2, 0.25) is 0 Å². The third-order valence-corrected chi connectivity index (χ3v) is 4.20. The van der Waals surface area contributed by atoms with Crippen LogP contribution < -0.4 is 4.90 Å². The van der Waals surface area contributed by atoms with Crippen molar-refractivity contribution in [1.29, 1.82) is 0 Å². The molecule has 1 aliphatic heterocycles. The summed E-state index contributed by atoms with van der Waals surface area (Å²) in [6.45, 7) is 1.56. The van der Waals surface area contributed by atoms with Crippen molar-refractivity contribution in [2.24, 2.45) is 0 Å². The van der Waals surface area contributed by atoms with Crippen LogP contribution in [0, 0.1) is 17.5 Å². The number of hydrogen-bond acceptors (Lipinski definition) is 3. The molecule has 26 heavy (non-hydrogen) atoms. The number of carbonyl (C=O) groups excluding carboxylic acids is 2. The highest BCUT2D eigenvalue weighted by Crippen LogP contribution is 2.41. The van der Waals surface area contributed by atoms with Crippen LogP contribution in [0.3, 0.4) is 0 Å². The lowest BCUT2D eigenvalue weighted by Gasteiger charge is -2.27. The number of benzene rings is 2. The highest BCUT2D eigenvalue weighted by molar-refractivity contribution is 6.16. The number of rotatable bonds is 4. The summed E-state index contributed by atoms with van der Waals surface area (Å²) in [6, 6.07) is 6.76. The number of aliphatic hydroxyl groups is 1. The lowest BCUT2D eigenvalue weighted by Crippen LogP contribution is -2.31. The molecule has 2 aromatic carbocycles. The molecule has 0 saturated heterocycles. The molecule has 7 heteroatoms. The molecule has 1 N–H and O–H groups in total. The summed E-state index contributed by atoms with van der Waals surface area (Å²) in [4.78, 5) is 25.9. The number of carbonyl (C=O) groups is 2. The lowest BCUT2D eigenvalue weighted by molar-refractivity contribution is -0.118. The molecule has 1 heterocycles. The van der Waals surface area contributed by atoms with E-state index in [0.29, 0.717) is 5.56 Å². The average molecular weight is 361 g/mol. The van der Waals surface area contributed by atoms with Gasteiger partial charge >= 0.3 is 0 Å². The van der Waals surface area contributed by atoms with E-state index in [1.165, 1.54) is 18.2 Å². The molecule has 0 fully saturated rings. The van der Waals surface area contributed by atoms with Crippen LogP contribution >= 0.6 is 0 Å². The number of hydrogen-bond donors (Lipinski definition) is 1. The van der Waals surface area contributed by atoms with E-state index in [2.05, 4.69) is 0 Å². The van der Waals surface area contributed by atoms with E-state index in [-0.39, 0.29) is 17.7 Å². The van der Waals surface area contributed by atoms with Gasteiger partial charge in [-0.15, -0.1) is 0 Å². The van der Waals surface area contributed by atoms with E-state index in [1.54, 1.807) is 6.92 Å². The van der Waals surface area contributed by atoms with Crippen LogP contribution in [0.1, 0.15) is 24.9 Å². The van der Waals surface area contributed by atoms with Gasteiger partial charge in [0.2, 0.25) is 0 Å². The summed E-state index contributed by atoms with van der Waals surface area (Å²) >= 11 is 0. The van der Waals surface area contributed by atoms with Gasteiger partial charge in [0.05, 0.1) is 11.6 Å². The summed E-state index contributed by atoms with van der Waals surface area (Å²) in [6.07, 6.45) is 0.0238. The minimum absolute atomic E-state index is 0.0238. The quantitative estimate of drug-likeness (QED) is 0.896. The first-order chi connectivity index (χ1) is 12.3. The predicted molar refractivity (Wildman–Crippen MR) is 87.9 cm³/mol. The molecule has 0 radical (unpaired) electrons. The van der Waals surface area contributed by atoms with E-state index < -0.39 is 40.9 Å². The Morgan fingerprint density at radius 1 is 1.08 bits per heavy atom. The Balaban J connectivity index is 2.18. The third-order valence-electron chi connectivity index (χ3n) is 4.20. The number of ketones is 1. The molecule has 1 aliphatic rings. The van der Waals surface area contributed by atoms with Gasteiger partial charge in [-0.1, -0.05) is 19.1 Å². The highest BCUT2D eigenvalue weighted by atomic mass is 19.2. The molecule has 134 valence electrons. The van der Waals surface area contributed by atoms with E-state index >= 15 is 0 Å². The molecule has 2 aromatic rings. The van der Waals surface area contributed by atoms with Crippen LogP contribution in [0.25, 0.3) is 0 Å². The Labute approximate surface area is 147 Å². The third kappa shape index (κ3) is 2.85. The summed E-state index contributed by atoms with van der Waals surface area (Å²) in [5.74, 6) is -4.94. The fourth-order valence-corrected chi connectivity index (χ4v) is 2.94. The van der Waals surface area contributed by atoms with Gasteiger partial charge in [-0.3, -0.25) is 14.5 Å². The zero-order chi connectivity index (χ0) is 19.0. The van der Waals surface area contributed by atoms with E-state index in [4.69, 9.17) is 0 Å². The standard InChI is InChI=1S/C19H14F3NO3/c1-2-15(24)16-17(10-3-5-11(20)6-4-10)23(19(26)18(16)25)12-7-8-13(21)14(22)9-12/h3-9,17,25H,2H2,1H3. The topological polar surface area (TPSA) is 57.6 Å². The number of halogens is 3. The van der Waals surface area contributed by atoms with Gasteiger partial charge in [0.25, 0.3) is 5.91 Å². The van der Waals surface area contributed by atoms with Crippen molar-refractivity contribution in [1.82, 2.24) is 0 Å². The maximum Gasteiger partial charge on any atom is 0.294 e. The molecule has 0 aliphatic carbocycles. The van der Waals surface area contributed by atoms with Gasteiger partial charge in [-0.25, -0.2) is 13.2 Å². The first-order valence-corrected chi connectivity index (χ1v) is 7.85. The first-order valence-electron chi connectivity index (χ1n) is 7.85. The second-order valence-corrected chi connectivity index (χ2v) is 5.77. The molecule has 0 aromatic heterocycles. The Hall–Kier alpha value is -3.09. The number of Topliss-reactive ketones (excluding diaryl/α,β-unsaturated/α-hetero) is 1. The summed E-state index contributed by atoms with van der Waals surface area (Å²) in [7, 11) is 0. The van der Waals surface area contributed by atoms with Crippen molar-refractivity contribution in [3.63, 3.8) is 0 Å². The van der Waals surface area contributed by atoms with Crippen molar-refractivity contribution in [3.8, 4) is 0 Å². The van der Waals surface area contributed by atoms with Crippen LogP contribution in [0.15, 0.2) is 53.8 Å². The van der Waals surface area contributed by atoms with Crippen molar-refractivity contribution in [3.05, 3.63) is 76.8 Å². The summed E-state index contributed by atoms with van der Waals surface area (Å²) in [5.41, 5.74) is 0.160. The normalized spacial score (nSPS) is 17.2. The minimum Gasteiger partial charge on any atom is -0.503 e. The van der Waals surface area contributed by atoms with Gasteiger partial charge in [0.15, 0.2) is 23.2 Å². The Morgan fingerprint density at radius 3 is 2.31 bits per heavy atom. The van der Waals surface area contributed by atoms with Gasteiger partial charge < -0.3 is 5.11 Å². The van der Waals surface area contributed by atoms with E-state index in [1.807, 2.05) is 0 Å². The van der Waals surface area contributed by atoms with E-state index in [0.717, 1.165) is 29.2 Å². The molecule has 1 unspecified atom stereocenters. The second kappa shape index (κ2) is 6.67. The fraction of sp³-hybridized carbons (Fsp3) is 0.158. The average Bonchev–Trinajstić information content (AvgIpc) is 2.89. The van der Waals surface area contributed by atoms with Crippen molar-refractivity contribution >= 4 is 17.4 Å². The molecule has 1 atom stereocenters. The summed E-state index contributed by atoms with van der Waals surface area (Å²) in [5, 5.41) is 10.2. The maximum absolute atomic E-state index is 13.7. The molecule has 0 spiro atoms. The number of anilines is 1. The first kappa shape index (κ1) is 17.7. The zero-order valence-electron chi connectivity index (χ0n) is 13.7. The Bertz CT molecular complexity index is 922. The van der Waals surface area contributed by atoms with Crippen molar-refractivity contribution in [2.75, 3.05) is 4.90 Å². The number of amides is 1. The molecule has 3 rings (SSSR count). The van der Waals surface area contributed by atoms with Crippen LogP contribution in [0.5, 0.6) is 0 Å². The number of nitrogens with zero attached hydrogens (tertiary/aromatic N) is 1. The molecule has 1 amide bonds. The highest BCUT2D eigenvalue weighted by Gasteiger charge is 2.44. The van der Waals surface area contributed by atoms with Crippen LogP contribution in [-0.2, 0) is 9.59 Å². The smallest absolute Gasteiger partial charge is 0.294 e. The van der Waals surface area contributed by atoms with Gasteiger partial charge in [0.1, 0.15) is 5.82 Å². The van der Waals surface area contributed by atoms with Crippen molar-refractivity contribution < 1.29 is 27.9 Å². The largest absolute Gasteiger partial charge is 0.503 e. The molecule has 0 saturated carbocycles. The molecular weight excluding hydrogens is 347 g/mol. The SMILES string of the molecule is CCC(=O)C1=C(O)C(=O)N(c2ccc(F)c(F)c2)C1c1ccc(F)cc1. The molecule has 0 bridgehead atoms. The zero-order valence-corrected chi connectivity index (χ0v) is 13.7. The lowest BCUT2D eigenvalue weighted by atomic mass is 9.95. The van der Waals surface area contributed by atoms with Gasteiger partial charge in [0, 0.05) is 18.2 Å².